The molecule has 0 aromatic heterocycles. The van der Waals surface area contributed by atoms with Crippen LogP contribution in [0.5, 0.6) is 5.75 Å². The van der Waals surface area contributed by atoms with Crippen LogP contribution in [0.15, 0.2) is 36.4 Å². The van der Waals surface area contributed by atoms with E-state index in [2.05, 4.69) is 11.8 Å². The zero-order valence-electron chi connectivity index (χ0n) is 10.9. The lowest BCUT2D eigenvalue weighted by molar-refractivity contribution is -0.109. The van der Waals surface area contributed by atoms with Gasteiger partial charge in [0.15, 0.2) is 5.12 Å². The van der Waals surface area contributed by atoms with Gasteiger partial charge in [-0.25, -0.2) is 0 Å². The summed E-state index contributed by atoms with van der Waals surface area (Å²) in [4.78, 5) is 10.9. The molecule has 0 saturated heterocycles. The fourth-order valence-corrected chi connectivity index (χ4v) is 2.16. The van der Waals surface area contributed by atoms with Gasteiger partial charge in [0.1, 0.15) is 5.75 Å². The highest BCUT2D eigenvalue weighted by Crippen LogP contribution is 2.26. The van der Waals surface area contributed by atoms with E-state index in [1.807, 2.05) is 36.4 Å². The number of hydrogen-bond donors (Lipinski definition) is 0. The summed E-state index contributed by atoms with van der Waals surface area (Å²) < 4.78 is 5.36. The van der Waals surface area contributed by atoms with Crippen molar-refractivity contribution in [2.75, 3.05) is 12.9 Å². The summed E-state index contributed by atoms with van der Waals surface area (Å²) in [6, 6.07) is 12.0. The van der Waals surface area contributed by atoms with E-state index in [-0.39, 0.29) is 5.12 Å². The predicted molar refractivity (Wildman–Crippen MR) is 80.5 cm³/mol. The Labute approximate surface area is 117 Å². The van der Waals surface area contributed by atoms with Crippen molar-refractivity contribution < 1.29 is 9.53 Å². The van der Waals surface area contributed by atoms with Gasteiger partial charge in [-0.2, -0.15) is 0 Å². The summed E-state index contributed by atoms with van der Waals surface area (Å²) in [6.45, 7) is 1.55. The molecular weight excluding hydrogens is 256 g/mol. The summed E-state index contributed by atoms with van der Waals surface area (Å²) in [5, 5.41) is 2.29. The molecule has 0 saturated carbocycles. The summed E-state index contributed by atoms with van der Waals surface area (Å²) in [5.41, 5.74) is 0.879. The number of carbonyl (C=O) groups is 1. The lowest BCUT2D eigenvalue weighted by Crippen LogP contribution is -1.90. The minimum atomic E-state index is 0.0826. The predicted octanol–water partition coefficient (Wildman–Crippen LogP) is 3.48. The number of ether oxygens (including phenoxy) is 1. The van der Waals surface area contributed by atoms with E-state index in [9.17, 15) is 4.79 Å². The third kappa shape index (κ3) is 3.30. The zero-order valence-corrected chi connectivity index (χ0v) is 11.7. The van der Waals surface area contributed by atoms with Gasteiger partial charge in [0.05, 0.1) is 18.4 Å². The quantitative estimate of drug-likeness (QED) is 0.782. The van der Waals surface area contributed by atoms with Crippen LogP contribution in [0.3, 0.4) is 0 Å². The first-order valence-electron chi connectivity index (χ1n) is 5.90. The van der Waals surface area contributed by atoms with Crippen LogP contribution < -0.4 is 4.74 Å². The van der Waals surface area contributed by atoms with Crippen molar-refractivity contribution in [2.45, 2.75) is 6.92 Å². The van der Waals surface area contributed by atoms with Crippen molar-refractivity contribution in [3.05, 3.63) is 42.0 Å². The molecule has 0 aliphatic rings. The second-order valence-corrected chi connectivity index (χ2v) is 5.10. The highest BCUT2D eigenvalue weighted by molar-refractivity contribution is 8.13. The minimum absolute atomic E-state index is 0.0826. The molecule has 0 unspecified atom stereocenters. The van der Waals surface area contributed by atoms with Gasteiger partial charge >= 0.3 is 0 Å². The number of carbonyl (C=O) groups excluding carboxylic acids is 1. The molecule has 0 heterocycles. The molecule has 2 aromatic carbocycles. The Kier molecular flexibility index (Phi) is 4.48. The normalized spacial score (nSPS) is 9.79. The largest absolute Gasteiger partial charge is 0.495 e. The molecule has 3 heteroatoms. The molecule has 0 atom stereocenters. The maximum Gasteiger partial charge on any atom is 0.186 e. The van der Waals surface area contributed by atoms with E-state index in [0.717, 1.165) is 22.1 Å². The standard InChI is InChI=1S/C16H14O2S/c1-12(17)19-11-5-8-15-14-7-4-3-6-13(14)9-10-16(15)18-2/h3-4,6-7,9-10H,11H2,1-2H3. The van der Waals surface area contributed by atoms with Crippen LogP contribution in [0.4, 0.5) is 0 Å². The molecule has 0 amide bonds. The summed E-state index contributed by atoms with van der Waals surface area (Å²) >= 11 is 1.22. The van der Waals surface area contributed by atoms with Crippen LogP contribution in [0, 0.1) is 11.8 Å². The molecule has 0 spiro atoms. The van der Waals surface area contributed by atoms with Crippen LogP contribution in [0.1, 0.15) is 12.5 Å². The van der Waals surface area contributed by atoms with Crippen LogP contribution >= 0.6 is 11.8 Å². The number of benzene rings is 2. The van der Waals surface area contributed by atoms with Gasteiger partial charge in [-0.3, -0.25) is 4.79 Å². The van der Waals surface area contributed by atoms with Crippen LogP contribution in [-0.4, -0.2) is 18.0 Å². The second kappa shape index (κ2) is 6.31. The van der Waals surface area contributed by atoms with E-state index >= 15 is 0 Å². The molecule has 0 radical (unpaired) electrons. The Hall–Kier alpha value is -1.92. The molecular formula is C16H14O2S. The van der Waals surface area contributed by atoms with Crippen molar-refractivity contribution in [1.29, 1.82) is 0 Å². The minimum Gasteiger partial charge on any atom is -0.495 e. The highest BCUT2D eigenvalue weighted by atomic mass is 32.2. The van der Waals surface area contributed by atoms with Gasteiger partial charge in [-0.05, 0) is 11.5 Å². The maximum absolute atomic E-state index is 10.9. The van der Waals surface area contributed by atoms with E-state index in [4.69, 9.17) is 4.74 Å². The smallest absolute Gasteiger partial charge is 0.186 e. The highest BCUT2D eigenvalue weighted by Gasteiger charge is 2.05. The molecule has 19 heavy (non-hydrogen) atoms. The number of methoxy groups -OCH3 is 1. The van der Waals surface area contributed by atoms with Crippen molar-refractivity contribution >= 4 is 27.6 Å². The van der Waals surface area contributed by atoms with Gasteiger partial charge < -0.3 is 4.74 Å². The second-order valence-electron chi connectivity index (χ2n) is 3.95. The molecule has 96 valence electrons. The van der Waals surface area contributed by atoms with Gasteiger partial charge in [-0.1, -0.05) is 53.9 Å². The Morgan fingerprint density at radius 2 is 2.05 bits per heavy atom. The van der Waals surface area contributed by atoms with Crippen molar-refractivity contribution in [3.63, 3.8) is 0 Å². The number of thioether (sulfide) groups is 1. The summed E-state index contributed by atoms with van der Waals surface area (Å²) in [7, 11) is 1.64. The Balaban J connectivity index is 2.41. The molecule has 2 aromatic rings. The first-order valence-corrected chi connectivity index (χ1v) is 6.89. The van der Waals surface area contributed by atoms with Gasteiger partial charge in [-0.15, -0.1) is 0 Å². The maximum atomic E-state index is 10.9. The Bertz CT molecular complexity index is 665. The van der Waals surface area contributed by atoms with Gasteiger partial charge in [0, 0.05) is 12.3 Å². The topological polar surface area (TPSA) is 26.3 Å². The van der Waals surface area contributed by atoms with Gasteiger partial charge in [0.2, 0.25) is 0 Å². The molecule has 0 aliphatic heterocycles. The molecule has 2 rings (SSSR count). The summed E-state index contributed by atoms with van der Waals surface area (Å²) in [6.07, 6.45) is 0. The number of hydrogen-bond acceptors (Lipinski definition) is 3. The van der Waals surface area contributed by atoms with Crippen molar-refractivity contribution in [2.24, 2.45) is 0 Å². The first kappa shape index (κ1) is 13.5. The third-order valence-corrected chi connectivity index (χ3v) is 3.37. The average Bonchev–Trinajstić information content (AvgIpc) is 2.43. The number of rotatable bonds is 2. The average molecular weight is 270 g/mol. The molecule has 0 fully saturated rings. The van der Waals surface area contributed by atoms with Crippen LogP contribution in [-0.2, 0) is 4.79 Å². The lowest BCUT2D eigenvalue weighted by atomic mass is 10.0. The molecule has 0 N–H and O–H groups in total. The first-order chi connectivity index (χ1) is 9.22. The van der Waals surface area contributed by atoms with E-state index in [1.54, 1.807) is 14.0 Å². The monoisotopic (exact) mass is 270 g/mol. The lowest BCUT2D eigenvalue weighted by Gasteiger charge is -2.06. The van der Waals surface area contributed by atoms with E-state index in [1.165, 1.54) is 11.8 Å². The Morgan fingerprint density at radius 3 is 2.79 bits per heavy atom. The van der Waals surface area contributed by atoms with E-state index in [0.29, 0.717) is 5.75 Å². The Morgan fingerprint density at radius 1 is 1.26 bits per heavy atom. The number of fused-ring (bicyclic) bond motifs is 1. The molecule has 0 bridgehead atoms. The van der Waals surface area contributed by atoms with E-state index < -0.39 is 0 Å². The van der Waals surface area contributed by atoms with Crippen molar-refractivity contribution in [3.8, 4) is 17.6 Å². The fourth-order valence-electron chi connectivity index (χ4n) is 1.81. The third-order valence-electron chi connectivity index (χ3n) is 2.67. The fraction of sp³-hybridized carbons (Fsp3) is 0.188. The van der Waals surface area contributed by atoms with Crippen molar-refractivity contribution in [1.82, 2.24) is 0 Å². The van der Waals surface area contributed by atoms with Crippen LogP contribution in [0.25, 0.3) is 10.8 Å². The molecule has 0 aliphatic carbocycles. The van der Waals surface area contributed by atoms with Crippen LogP contribution in [0.2, 0.25) is 0 Å². The van der Waals surface area contributed by atoms with Gasteiger partial charge in [0.25, 0.3) is 0 Å². The SMILES string of the molecule is COc1ccc2ccccc2c1C#CCSC(C)=O. The summed E-state index contributed by atoms with van der Waals surface area (Å²) in [5.74, 6) is 7.39. The zero-order chi connectivity index (χ0) is 13.7. The molecule has 2 nitrogen and oxygen atoms in total.